The van der Waals surface area contributed by atoms with Gasteiger partial charge >= 0.3 is 0 Å². The fourth-order valence-corrected chi connectivity index (χ4v) is 17.8. The molecule has 0 atom stereocenters. The molecule has 23 heteroatoms. The quantitative estimate of drug-likeness (QED) is 0.0857. The molecule has 0 amide bonds. The molecule has 5 aliphatic rings. The highest BCUT2D eigenvalue weighted by molar-refractivity contribution is 7.58. The van der Waals surface area contributed by atoms with E-state index in [2.05, 4.69) is 12.1 Å². The summed E-state index contributed by atoms with van der Waals surface area (Å²) in [5.74, 6) is -5.48. The third-order valence-electron chi connectivity index (χ3n) is 16.4. The number of ketones is 2. The van der Waals surface area contributed by atoms with E-state index in [0.717, 1.165) is 56.5 Å². The lowest BCUT2D eigenvalue weighted by Crippen LogP contribution is -2.27. The summed E-state index contributed by atoms with van der Waals surface area (Å²) >= 11 is 6.39. The van der Waals surface area contributed by atoms with E-state index in [1.165, 1.54) is 57.5 Å². The van der Waals surface area contributed by atoms with Crippen molar-refractivity contribution in [2.75, 3.05) is 0 Å². The van der Waals surface area contributed by atoms with Crippen LogP contribution >= 0.6 is 45.3 Å². The summed E-state index contributed by atoms with van der Waals surface area (Å²) in [6.45, 7) is 7.65. The van der Waals surface area contributed by atoms with Crippen LogP contribution in [0.1, 0.15) is 91.5 Å². The van der Waals surface area contributed by atoms with E-state index >= 15 is 0 Å². The molecule has 5 aromatic heterocycles. The minimum absolute atomic E-state index is 0.0747. The second kappa shape index (κ2) is 21.1. The second-order valence-electron chi connectivity index (χ2n) is 22.7. The zero-order valence-corrected chi connectivity index (χ0v) is 52.1. The molecule has 0 spiro atoms. The number of halogens is 4. The number of aromatic nitrogens is 2. The smallest absolute Gasteiger partial charge is 0.194 e. The molecule has 15 rings (SSSR count). The molecule has 14 nitrogen and oxygen atoms in total. The maximum absolute atomic E-state index is 14.8. The number of hydrogen-bond acceptors (Lipinski definition) is 18. The number of thiophene rings is 4. The minimum atomic E-state index is -1.26. The van der Waals surface area contributed by atoms with E-state index in [1.54, 1.807) is 60.7 Å². The zero-order valence-electron chi connectivity index (χ0n) is 48.1. The van der Waals surface area contributed by atoms with Gasteiger partial charge in [0, 0.05) is 86.3 Å². The Morgan fingerprint density at radius 2 is 0.849 bits per heavy atom. The lowest BCUT2D eigenvalue weighted by atomic mass is 9.92. The van der Waals surface area contributed by atoms with Crippen molar-refractivity contribution in [1.82, 2.24) is 9.97 Å². The van der Waals surface area contributed by atoms with Crippen LogP contribution in [0.15, 0.2) is 128 Å². The van der Waals surface area contributed by atoms with Gasteiger partial charge in [-0.2, -0.15) is 40.3 Å². The maximum Gasteiger partial charge on any atom is 0.194 e. The van der Waals surface area contributed by atoms with Crippen molar-refractivity contribution in [2.45, 2.75) is 38.9 Å². The Morgan fingerprint density at radius 1 is 0.484 bits per heavy atom. The first-order valence-electron chi connectivity index (χ1n) is 27.8. The van der Waals surface area contributed by atoms with Gasteiger partial charge in [-0.1, -0.05) is 24.3 Å². The van der Waals surface area contributed by atoms with Gasteiger partial charge in [-0.3, -0.25) is 9.59 Å². The van der Waals surface area contributed by atoms with Crippen LogP contribution in [-0.4, -0.2) is 21.5 Å². The molecule has 442 valence electrons. The molecule has 8 heterocycles. The maximum atomic E-state index is 14.8. The summed E-state index contributed by atoms with van der Waals surface area (Å²) in [4.78, 5) is 44.6. The molecule has 0 radical (unpaired) electrons. The standard InChI is InChI=1S/C70H30F4N10O4S5/c1-69(2)43-21-51(91-65(43)67-49(87-69)15-35(89-67)13-41-53(33(25-77)26-78)37-17-45(71)47(73)19-39(37)63(41)85)55-59-60(82-58(32-11-7-30(24-76)8-12-32)57(81-59)31-9-5-29(23-75)6-10-31)56(62-61(55)83-93-84-62)52-22-44-66(92-52)68-50(88-70(44,3)4)16-36(90-68)14-42-54(34(27-79)28-80)38-18-46(72)48(74)20-40(38)64(42)86/h5-22H,1-4H3/b41-13-,42-14-. The first-order valence-corrected chi connectivity index (χ1v) is 31.8. The monoisotopic (exact) mass is 1310 g/mol. The molecule has 0 bridgehead atoms. The molecule has 93 heavy (non-hydrogen) atoms. The van der Waals surface area contributed by atoms with E-state index in [9.17, 15) is 58.7 Å². The van der Waals surface area contributed by atoms with Crippen LogP contribution in [0.4, 0.5) is 28.9 Å². The normalized spacial score (nSPS) is 15.5. The van der Waals surface area contributed by atoms with E-state index in [1.807, 2.05) is 64.1 Å². The number of allylic oxidation sites excluding steroid dienone is 6. The van der Waals surface area contributed by atoms with Gasteiger partial charge in [0.1, 0.15) is 80.5 Å². The number of carbonyl (C=O) groups is 2. The van der Waals surface area contributed by atoms with Gasteiger partial charge in [-0.25, -0.2) is 27.5 Å². The summed E-state index contributed by atoms with van der Waals surface area (Å²) < 4.78 is 82.4. The summed E-state index contributed by atoms with van der Waals surface area (Å²) in [5.41, 5.74) is 3.63. The molecule has 0 N–H and O–H groups in total. The number of nitrogens with zero attached hydrogens (tertiary/aromatic N) is 10. The van der Waals surface area contributed by atoms with Crippen LogP contribution in [0.5, 0.6) is 11.5 Å². The van der Waals surface area contributed by atoms with Gasteiger partial charge in [0.25, 0.3) is 0 Å². The zero-order chi connectivity index (χ0) is 64.8. The van der Waals surface area contributed by atoms with Crippen LogP contribution in [-0.2, 0) is 22.6 Å². The average Bonchev–Trinajstić information content (AvgIpc) is 1.66. The number of Topliss-reactive ketones (excluding diaryl/α,β-unsaturated/α-hetero) is 2. The van der Waals surface area contributed by atoms with Crippen LogP contribution < -0.4 is 9.47 Å². The topological polar surface area (TPSA) is 246 Å². The van der Waals surface area contributed by atoms with Gasteiger partial charge in [0.15, 0.2) is 34.8 Å². The molecule has 10 aromatic rings. The van der Waals surface area contributed by atoms with Gasteiger partial charge < -0.3 is 9.47 Å². The first kappa shape index (κ1) is 58.0. The number of carbonyl (C=O) groups excluding carboxylic acids is 2. The predicted octanol–water partition coefficient (Wildman–Crippen LogP) is 18.3. The lowest BCUT2D eigenvalue weighted by Gasteiger charge is -2.31. The summed E-state index contributed by atoms with van der Waals surface area (Å²) in [6, 6.07) is 36.2. The van der Waals surface area contributed by atoms with Crippen molar-refractivity contribution in [2.24, 2.45) is 8.73 Å². The molecular formula is C70H30F4N10O4S5. The van der Waals surface area contributed by atoms with Crippen molar-refractivity contribution in [1.29, 1.82) is 31.6 Å². The third kappa shape index (κ3) is 8.90. The Morgan fingerprint density at radius 3 is 1.20 bits per heavy atom. The minimum Gasteiger partial charge on any atom is -0.482 e. The Bertz CT molecular complexity index is 5350. The Kier molecular flexibility index (Phi) is 13.2. The van der Waals surface area contributed by atoms with Crippen molar-refractivity contribution >= 4 is 114 Å². The molecule has 0 saturated carbocycles. The van der Waals surface area contributed by atoms with E-state index in [-0.39, 0.29) is 44.5 Å². The highest BCUT2D eigenvalue weighted by Crippen LogP contribution is 2.62. The van der Waals surface area contributed by atoms with Crippen LogP contribution in [0, 0.1) is 91.3 Å². The highest BCUT2D eigenvalue weighted by atomic mass is 32.1. The van der Waals surface area contributed by atoms with Crippen molar-refractivity contribution in [3.63, 3.8) is 0 Å². The Labute approximate surface area is 543 Å². The molecule has 3 aliphatic heterocycles. The predicted molar refractivity (Wildman–Crippen MR) is 346 cm³/mol. The van der Waals surface area contributed by atoms with Gasteiger partial charge in [-0.05, 0) is 124 Å². The first-order chi connectivity index (χ1) is 44.7. The van der Waals surface area contributed by atoms with Crippen LogP contribution in [0.2, 0.25) is 0 Å². The fraction of sp³-hybridized carbons (Fsp3) is 0.0857. The molecule has 0 fully saturated rings. The third-order valence-corrected chi connectivity index (χ3v) is 21.7. The second-order valence-corrected chi connectivity index (χ2v) is 27.5. The molecule has 0 saturated heterocycles. The summed E-state index contributed by atoms with van der Waals surface area (Å²) in [5, 5.41) is 59.9. The van der Waals surface area contributed by atoms with Crippen LogP contribution in [0.3, 0.4) is 0 Å². The number of nitriles is 6. The number of hydrogen-bond donors (Lipinski definition) is 0. The Hall–Kier alpha value is -11.4. The van der Waals surface area contributed by atoms with Gasteiger partial charge in [0.05, 0.1) is 65.5 Å². The fourth-order valence-electron chi connectivity index (χ4n) is 12.2. The molecule has 0 unspecified atom stereocenters. The molecule has 5 aromatic carbocycles. The largest absolute Gasteiger partial charge is 0.482 e. The number of rotatable bonds is 6. The van der Waals surface area contributed by atoms with Crippen molar-refractivity contribution < 1.29 is 36.6 Å². The Balaban J connectivity index is 0.936. The summed E-state index contributed by atoms with van der Waals surface area (Å²) in [7, 11) is 0. The van der Waals surface area contributed by atoms with E-state index in [4.69, 9.17) is 28.2 Å². The van der Waals surface area contributed by atoms with Gasteiger partial charge in [-0.15, -0.1) is 45.3 Å². The van der Waals surface area contributed by atoms with E-state index < -0.39 is 57.2 Å². The number of ether oxygens (including phenoxy) is 2. The van der Waals surface area contributed by atoms with Crippen molar-refractivity contribution in [3.05, 3.63) is 197 Å². The van der Waals surface area contributed by atoms with Gasteiger partial charge in [0.2, 0.25) is 0 Å². The molecular weight excluding hydrogens is 1280 g/mol. The average molecular weight is 1310 g/mol. The highest BCUT2D eigenvalue weighted by Gasteiger charge is 2.42. The molecule has 2 aliphatic carbocycles. The number of benzene rings is 5. The van der Waals surface area contributed by atoms with Crippen molar-refractivity contribution in [3.8, 4) is 111 Å². The number of fused-ring (bicyclic) bond motifs is 10. The van der Waals surface area contributed by atoms with Crippen LogP contribution in [0.25, 0.3) is 97.2 Å². The van der Waals surface area contributed by atoms with E-state index in [0.29, 0.717) is 108 Å². The summed E-state index contributed by atoms with van der Waals surface area (Å²) in [6.07, 6.45) is 2.99. The SMILES string of the molecule is CC1(C)Oc2cc(/C=C3\C(=O)c4cc(F)c(F)cc4C3=C(C#N)C#N)sc2-c2sc(-c3c4c(c(-c5cc6c(s5)-c5sc(/C=C7\C(=O)c8cc(F)c(F)cc8C7=C(C#N)C#N)cc5OC6(C)C)c5nc(-c6ccc(C#N)cc6)c(-c6ccc(C#N)cc6)nc35)N=S=N4)cc21. The lowest BCUT2D eigenvalue weighted by molar-refractivity contribution is 0.103.